The first-order valence-corrected chi connectivity index (χ1v) is 5.90. The summed E-state index contributed by atoms with van der Waals surface area (Å²) in [6, 6.07) is 1.75. The van der Waals surface area contributed by atoms with Crippen molar-refractivity contribution < 1.29 is 27.1 Å². The maximum atomic E-state index is 13.0. The van der Waals surface area contributed by atoms with E-state index in [-0.39, 0.29) is 6.61 Å². The van der Waals surface area contributed by atoms with Gasteiger partial charge in [-0.05, 0) is 24.6 Å². The summed E-state index contributed by atoms with van der Waals surface area (Å²) in [5.41, 5.74) is -1.97. The quantitative estimate of drug-likeness (QED) is 0.458. The van der Waals surface area contributed by atoms with Crippen LogP contribution in [0.2, 0.25) is 0 Å². The molecule has 0 unspecified atom stereocenters. The van der Waals surface area contributed by atoms with Gasteiger partial charge in [0.05, 0.1) is 17.7 Å². The van der Waals surface area contributed by atoms with Gasteiger partial charge in [-0.15, -0.1) is 0 Å². The van der Waals surface area contributed by atoms with Crippen LogP contribution in [0.3, 0.4) is 0 Å². The number of alkyl halides is 3. The van der Waals surface area contributed by atoms with Crippen molar-refractivity contribution in [1.82, 2.24) is 0 Å². The molecule has 0 aromatic heterocycles. The van der Waals surface area contributed by atoms with Gasteiger partial charge in [0.25, 0.3) is 0 Å². The van der Waals surface area contributed by atoms with Gasteiger partial charge in [0.1, 0.15) is 5.82 Å². The van der Waals surface area contributed by atoms with E-state index in [9.17, 15) is 22.4 Å². The van der Waals surface area contributed by atoms with Gasteiger partial charge >= 0.3 is 12.1 Å². The highest BCUT2D eigenvalue weighted by atomic mass is 19.4. The molecular formula is C13H14F4O2. The summed E-state index contributed by atoms with van der Waals surface area (Å²) in [4.78, 5) is 11.5. The van der Waals surface area contributed by atoms with E-state index in [4.69, 9.17) is 4.74 Å². The van der Waals surface area contributed by atoms with E-state index < -0.39 is 29.1 Å². The van der Waals surface area contributed by atoms with E-state index in [0.29, 0.717) is 24.6 Å². The number of rotatable bonds is 5. The number of unbranched alkanes of at least 4 members (excludes halogenated alkanes) is 2. The van der Waals surface area contributed by atoms with Gasteiger partial charge in [-0.1, -0.05) is 19.8 Å². The van der Waals surface area contributed by atoms with Crippen LogP contribution in [0.1, 0.15) is 42.1 Å². The molecule has 0 radical (unpaired) electrons. The smallest absolute Gasteiger partial charge is 0.417 e. The molecule has 0 spiro atoms. The van der Waals surface area contributed by atoms with Crippen LogP contribution in [-0.2, 0) is 10.9 Å². The van der Waals surface area contributed by atoms with Crippen molar-refractivity contribution in [2.45, 2.75) is 32.4 Å². The Morgan fingerprint density at radius 1 is 1.26 bits per heavy atom. The Morgan fingerprint density at radius 2 is 1.95 bits per heavy atom. The van der Waals surface area contributed by atoms with Crippen LogP contribution < -0.4 is 0 Å². The van der Waals surface area contributed by atoms with E-state index in [1.165, 1.54) is 0 Å². The molecule has 106 valence electrons. The van der Waals surface area contributed by atoms with Crippen molar-refractivity contribution in [1.29, 1.82) is 0 Å². The van der Waals surface area contributed by atoms with Crippen LogP contribution in [0.25, 0.3) is 0 Å². The topological polar surface area (TPSA) is 26.3 Å². The summed E-state index contributed by atoms with van der Waals surface area (Å²) in [5, 5.41) is 0. The van der Waals surface area contributed by atoms with E-state index in [0.717, 1.165) is 12.8 Å². The third-order valence-electron chi connectivity index (χ3n) is 2.49. The van der Waals surface area contributed by atoms with Gasteiger partial charge in [-0.3, -0.25) is 0 Å². The van der Waals surface area contributed by atoms with Crippen molar-refractivity contribution >= 4 is 5.97 Å². The monoisotopic (exact) mass is 278 g/mol. The van der Waals surface area contributed by atoms with Crippen molar-refractivity contribution in [3.8, 4) is 0 Å². The van der Waals surface area contributed by atoms with Gasteiger partial charge in [0.2, 0.25) is 0 Å². The minimum atomic E-state index is -4.72. The Balaban J connectivity index is 2.86. The summed E-state index contributed by atoms with van der Waals surface area (Å²) in [7, 11) is 0. The molecule has 0 bridgehead atoms. The van der Waals surface area contributed by atoms with Crippen molar-refractivity contribution in [3.05, 3.63) is 35.1 Å². The predicted octanol–water partition coefficient (Wildman–Crippen LogP) is 4.19. The van der Waals surface area contributed by atoms with Crippen LogP contribution in [0.15, 0.2) is 18.2 Å². The van der Waals surface area contributed by atoms with E-state index in [1.54, 1.807) is 0 Å². The highest BCUT2D eigenvalue weighted by molar-refractivity contribution is 5.91. The van der Waals surface area contributed by atoms with E-state index >= 15 is 0 Å². The zero-order valence-corrected chi connectivity index (χ0v) is 10.4. The number of esters is 1. The minimum Gasteiger partial charge on any atom is -0.462 e. The van der Waals surface area contributed by atoms with Gasteiger partial charge in [-0.2, -0.15) is 13.2 Å². The second-order valence-electron chi connectivity index (χ2n) is 4.03. The summed E-state index contributed by atoms with van der Waals surface area (Å²) >= 11 is 0. The third-order valence-corrected chi connectivity index (χ3v) is 2.49. The van der Waals surface area contributed by atoms with Crippen LogP contribution in [0.5, 0.6) is 0 Å². The molecule has 1 aromatic carbocycles. The lowest BCUT2D eigenvalue weighted by atomic mass is 10.1. The number of halogens is 4. The van der Waals surface area contributed by atoms with E-state index in [1.807, 2.05) is 6.92 Å². The fourth-order valence-corrected chi connectivity index (χ4v) is 1.53. The molecule has 0 aliphatic carbocycles. The summed E-state index contributed by atoms with van der Waals surface area (Å²) in [6.45, 7) is 1.97. The fourth-order valence-electron chi connectivity index (χ4n) is 1.53. The van der Waals surface area contributed by atoms with Crippen LogP contribution in [-0.4, -0.2) is 12.6 Å². The van der Waals surface area contributed by atoms with Gasteiger partial charge in [-0.25, -0.2) is 9.18 Å². The SMILES string of the molecule is CCCCCOC(=O)c1cc(F)ccc1C(F)(F)F. The normalized spacial score (nSPS) is 11.4. The Morgan fingerprint density at radius 3 is 2.53 bits per heavy atom. The van der Waals surface area contributed by atoms with Gasteiger partial charge in [0, 0.05) is 0 Å². The molecule has 0 saturated heterocycles. The molecule has 1 rings (SSSR count). The zero-order chi connectivity index (χ0) is 14.5. The van der Waals surface area contributed by atoms with Crippen LogP contribution in [0, 0.1) is 5.82 Å². The van der Waals surface area contributed by atoms with Gasteiger partial charge < -0.3 is 4.74 Å². The first-order chi connectivity index (χ1) is 8.86. The predicted molar refractivity (Wildman–Crippen MR) is 61.2 cm³/mol. The van der Waals surface area contributed by atoms with Crippen LogP contribution >= 0.6 is 0 Å². The lowest BCUT2D eigenvalue weighted by molar-refractivity contribution is -0.138. The third kappa shape index (κ3) is 4.54. The second kappa shape index (κ2) is 6.54. The minimum absolute atomic E-state index is 0.0283. The number of carbonyl (C=O) groups excluding carboxylic acids is 1. The summed E-state index contributed by atoms with van der Waals surface area (Å²) in [6.07, 6.45) is -2.45. The summed E-state index contributed by atoms with van der Waals surface area (Å²) in [5.74, 6) is -2.06. The molecule has 0 aliphatic heterocycles. The molecule has 0 amide bonds. The van der Waals surface area contributed by atoms with Crippen molar-refractivity contribution in [2.24, 2.45) is 0 Å². The average Bonchev–Trinajstić information content (AvgIpc) is 2.32. The van der Waals surface area contributed by atoms with E-state index in [2.05, 4.69) is 0 Å². The second-order valence-corrected chi connectivity index (χ2v) is 4.03. The molecule has 2 nitrogen and oxygen atoms in total. The molecule has 0 atom stereocenters. The Labute approximate surface area is 108 Å². The Kier molecular flexibility index (Phi) is 5.32. The number of hydrogen-bond donors (Lipinski definition) is 0. The fraction of sp³-hybridized carbons (Fsp3) is 0.462. The van der Waals surface area contributed by atoms with Crippen LogP contribution in [0.4, 0.5) is 17.6 Å². The molecule has 0 heterocycles. The summed E-state index contributed by atoms with van der Waals surface area (Å²) < 4.78 is 55.6. The Bertz CT molecular complexity index is 441. The lowest BCUT2D eigenvalue weighted by Crippen LogP contribution is -2.16. The highest BCUT2D eigenvalue weighted by Crippen LogP contribution is 2.32. The average molecular weight is 278 g/mol. The molecule has 6 heteroatoms. The van der Waals surface area contributed by atoms with Gasteiger partial charge in [0.15, 0.2) is 0 Å². The largest absolute Gasteiger partial charge is 0.462 e. The molecule has 19 heavy (non-hydrogen) atoms. The van der Waals surface area contributed by atoms with Crippen molar-refractivity contribution in [3.63, 3.8) is 0 Å². The molecule has 0 saturated carbocycles. The molecule has 1 aromatic rings. The molecule has 0 N–H and O–H groups in total. The maximum Gasteiger partial charge on any atom is 0.417 e. The number of hydrogen-bond acceptors (Lipinski definition) is 2. The number of carbonyl (C=O) groups is 1. The standard InChI is InChI=1S/C13H14F4O2/c1-2-3-4-7-19-12(18)10-8-9(14)5-6-11(10)13(15,16)17/h5-6,8H,2-4,7H2,1H3. The molecular weight excluding hydrogens is 264 g/mol. The first-order valence-electron chi connectivity index (χ1n) is 5.90. The van der Waals surface area contributed by atoms with Crippen molar-refractivity contribution in [2.75, 3.05) is 6.61 Å². The molecule has 0 aliphatic rings. The highest BCUT2D eigenvalue weighted by Gasteiger charge is 2.35. The Hall–Kier alpha value is -1.59. The molecule has 0 fully saturated rings. The number of benzene rings is 1. The maximum absolute atomic E-state index is 13.0. The zero-order valence-electron chi connectivity index (χ0n) is 10.4. The first kappa shape index (κ1) is 15.5. The lowest BCUT2D eigenvalue weighted by Gasteiger charge is -2.12. The number of ether oxygens (including phenoxy) is 1.